The Morgan fingerprint density at radius 3 is 2.38 bits per heavy atom. The number of nitrogens with zero attached hydrogens (tertiary/aromatic N) is 2. The van der Waals surface area contributed by atoms with E-state index < -0.39 is 0 Å². The van der Waals surface area contributed by atoms with E-state index in [4.69, 9.17) is 0 Å². The number of hydrogen-bond donors (Lipinski definition) is 1. The highest BCUT2D eigenvalue weighted by Crippen LogP contribution is 2.43. The molecule has 1 aromatic carbocycles. The quantitative estimate of drug-likeness (QED) is 0.924. The van der Waals surface area contributed by atoms with Gasteiger partial charge in [-0.15, -0.1) is 0 Å². The Balaban J connectivity index is 1.57. The van der Waals surface area contributed by atoms with Crippen LogP contribution in [0.15, 0.2) is 30.3 Å². The van der Waals surface area contributed by atoms with E-state index in [1.54, 1.807) is 0 Å². The summed E-state index contributed by atoms with van der Waals surface area (Å²) < 4.78 is 0. The molecule has 0 aromatic heterocycles. The highest BCUT2D eigenvalue weighted by molar-refractivity contribution is 5.74. The molecule has 0 spiro atoms. The number of nitrogens with one attached hydrogen (secondary N) is 1. The molecule has 1 aliphatic heterocycles. The number of rotatable bonds is 3. The Labute approximate surface area is 127 Å². The molecule has 1 N–H and O–H groups in total. The molecule has 1 aliphatic carbocycles. The molecule has 0 atom stereocenters. The summed E-state index contributed by atoms with van der Waals surface area (Å²) in [5, 5.41) is 3.18. The van der Waals surface area contributed by atoms with Crippen molar-refractivity contribution in [2.45, 2.75) is 24.7 Å². The van der Waals surface area contributed by atoms with E-state index in [2.05, 4.69) is 47.6 Å². The second-order valence-electron chi connectivity index (χ2n) is 6.45. The lowest BCUT2D eigenvalue weighted by molar-refractivity contribution is 0.148. The van der Waals surface area contributed by atoms with Crippen LogP contribution in [0.5, 0.6) is 0 Å². The normalized spacial score (nSPS) is 21.7. The van der Waals surface area contributed by atoms with Gasteiger partial charge in [0.15, 0.2) is 0 Å². The van der Waals surface area contributed by atoms with Crippen LogP contribution in [0.25, 0.3) is 0 Å². The first-order chi connectivity index (χ1) is 10.2. The second kappa shape index (κ2) is 6.06. The summed E-state index contributed by atoms with van der Waals surface area (Å²) >= 11 is 0. The molecule has 0 radical (unpaired) electrons. The van der Waals surface area contributed by atoms with Gasteiger partial charge in [0.1, 0.15) is 0 Å². The molecular weight excluding hydrogens is 262 g/mol. The summed E-state index contributed by atoms with van der Waals surface area (Å²) in [7, 11) is 2.11. The lowest BCUT2D eigenvalue weighted by Gasteiger charge is -2.43. The molecule has 1 saturated carbocycles. The zero-order valence-corrected chi connectivity index (χ0v) is 12.8. The number of amides is 2. The lowest BCUT2D eigenvalue weighted by Crippen LogP contribution is -2.53. The molecule has 114 valence electrons. The molecule has 21 heavy (non-hydrogen) atoms. The van der Waals surface area contributed by atoms with E-state index in [0.717, 1.165) is 32.7 Å². The average molecular weight is 287 g/mol. The largest absolute Gasteiger partial charge is 0.337 e. The Hall–Kier alpha value is -1.55. The third-order valence-corrected chi connectivity index (χ3v) is 5.07. The van der Waals surface area contributed by atoms with Crippen LogP contribution in [0.3, 0.4) is 0 Å². The lowest BCUT2D eigenvalue weighted by atomic mass is 9.64. The minimum absolute atomic E-state index is 0.102. The Morgan fingerprint density at radius 1 is 1.14 bits per heavy atom. The molecular formula is C17H25N3O. The second-order valence-corrected chi connectivity index (χ2v) is 6.45. The number of benzene rings is 1. The first kappa shape index (κ1) is 14.4. The van der Waals surface area contributed by atoms with Crippen LogP contribution in [-0.4, -0.2) is 55.6 Å². The van der Waals surface area contributed by atoms with Crippen LogP contribution in [-0.2, 0) is 5.41 Å². The standard InChI is InChI=1S/C17H25N3O/c1-19-10-12-20(13-11-19)16(21)18-14-17(8-5-9-17)15-6-3-2-4-7-15/h2-4,6-7H,5,8-14H2,1H3,(H,18,21). The third kappa shape index (κ3) is 3.05. The molecule has 1 saturated heterocycles. The van der Waals surface area contributed by atoms with Gasteiger partial charge in [-0.05, 0) is 25.5 Å². The summed E-state index contributed by atoms with van der Waals surface area (Å²) in [4.78, 5) is 16.5. The van der Waals surface area contributed by atoms with Crippen LogP contribution >= 0.6 is 0 Å². The highest BCUT2D eigenvalue weighted by atomic mass is 16.2. The maximum Gasteiger partial charge on any atom is 0.317 e. The van der Waals surface area contributed by atoms with E-state index >= 15 is 0 Å². The minimum Gasteiger partial charge on any atom is -0.337 e. The molecule has 1 heterocycles. The van der Waals surface area contributed by atoms with Crippen LogP contribution in [0.1, 0.15) is 24.8 Å². The van der Waals surface area contributed by atoms with Gasteiger partial charge in [0.2, 0.25) is 0 Å². The van der Waals surface area contributed by atoms with Gasteiger partial charge < -0.3 is 15.1 Å². The van der Waals surface area contributed by atoms with E-state index in [0.29, 0.717) is 0 Å². The van der Waals surface area contributed by atoms with Gasteiger partial charge in [-0.2, -0.15) is 0 Å². The van der Waals surface area contributed by atoms with Crippen LogP contribution in [0.4, 0.5) is 4.79 Å². The highest BCUT2D eigenvalue weighted by Gasteiger charge is 2.39. The molecule has 0 unspecified atom stereocenters. The number of urea groups is 1. The monoisotopic (exact) mass is 287 g/mol. The summed E-state index contributed by atoms with van der Waals surface area (Å²) in [5.74, 6) is 0. The topological polar surface area (TPSA) is 35.6 Å². The van der Waals surface area contributed by atoms with Gasteiger partial charge >= 0.3 is 6.03 Å². The van der Waals surface area contributed by atoms with E-state index in [1.165, 1.54) is 24.8 Å². The van der Waals surface area contributed by atoms with Gasteiger partial charge in [-0.1, -0.05) is 36.8 Å². The molecule has 1 aromatic rings. The fraction of sp³-hybridized carbons (Fsp3) is 0.588. The number of carbonyl (C=O) groups excluding carboxylic acids is 1. The summed E-state index contributed by atoms with van der Waals surface area (Å²) in [6.07, 6.45) is 3.62. The zero-order valence-electron chi connectivity index (χ0n) is 12.8. The Morgan fingerprint density at radius 2 is 1.81 bits per heavy atom. The first-order valence-electron chi connectivity index (χ1n) is 7.96. The van der Waals surface area contributed by atoms with Crippen LogP contribution in [0, 0.1) is 0 Å². The number of likely N-dealkylation sites (N-methyl/N-ethyl adjacent to an activating group) is 1. The predicted octanol–water partition coefficient (Wildman–Crippen LogP) is 2.07. The minimum atomic E-state index is 0.102. The van der Waals surface area contributed by atoms with Crippen molar-refractivity contribution >= 4 is 6.03 Å². The van der Waals surface area contributed by atoms with Crippen molar-refractivity contribution in [3.63, 3.8) is 0 Å². The smallest absolute Gasteiger partial charge is 0.317 e. The van der Waals surface area contributed by atoms with Crippen molar-refractivity contribution in [1.29, 1.82) is 0 Å². The zero-order chi connectivity index (χ0) is 14.7. The van der Waals surface area contributed by atoms with E-state index in [-0.39, 0.29) is 11.4 Å². The van der Waals surface area contributed by atoms with E-state index in [9.17, 15) is 4.79 Å². The molecule has 4 heteroatoms. The van der Waals surface area contributed by atoms with Gasteiger partial charge in [0, 0.05) is 38.1 Å². The van der Waals surface area contributed by atoms with E-state index in [1.807, 2.05) is 4.90 Å². The van der Waals surface area contributed by atoms with Crippen molar-refractivity contribution in [3.05, 3.63) is 35.9 Å². The number of hydrogen-bond acceptors (Lipinski definition) is 2. The third-order valence-electron chi connectivity index (χ3n) is 5.07. The van der Waals surface area contributed by atoms with Crippen molar-refractivity contribution in [2.75, 3.05) is 39.8 Å². The maximum atomic E-state index is 12.3. The summed E-state index contributed by atoms with van der Waals surface area (Å²) in [6, 6.07) is 10.7. The Bertz CT molecular complexity index is 476. The fourth-order valence-electron chi connectivity index (χ4n) is 3.33. The first-order valence-corrected chi connectivity index (χ1v) is 7.96. The molecule has 0 bridgehead atoms. The van der Waals surface area contributed by atoms with Gasteiger partial charge in [0.05, 0.1) is 0 Å². The van der Waals surface area contributed by atoms with Gasteiger partial charge in [0.25, 0.3) is 0 Å². The number of piperazine rings is 1. The summed E-state index contributed by atoms with van der Waals surface area (Å²) in [6.45, 7) is 4.37. The van der Waals surface area contributed by atoms with Crippen molar-refractivity contribution in [3.8, 4) is 0 Å². The van der Waals surface area contributed by atoms with Gasteiger partial charge in [-0.3, -0.25) is 0 Å². The molecule has 2 aliphatic rings. The predicted molar refractivity (Wildman–Crippen MR) is 84.4 cm³/mol. The maximum absolute atomic E-state index is 12.3. The number of carbonyl (C=O) groups is 1. The molecule has 4 nitrogen and oxygen atoms in total. The van der Waals surface area contributed by atoms with Crippen LogP contribution in [0.2, 0.25) is 0 Å². The van der Waals surface area contributed by atoms with Gasteiger partial charge in [-0.25, -0.2) is 4.79 Å². The Kier molecular flexibility index (Phi) is 4.15. The average Bonchev–Trinajstić information content (AvgIpc) is 2.48. The molecule has 2 fully saturated rings. The van der Waals surface area contributed by atoms with Crippen LogP contribution < -0.4 is 5.32 Å². The van der Waals surface area contributed by atoms with Crippen molar-refractivity contribution < 1.29 is 4.79 Å². The summed E-state index contributed by atoms with van der Waals surface area (Å²) in [5.41, 5.74) is 1.54. The fourth-order valence-corrected chi connectivity index (χ4v) is 3.33. The van der Waals surface area contributed by atoms with Crippen molar-refractivity contribution in [2.24, 2.45) is 0 Å². The molecule has 2 amide bonds. The van der Waals surface area contributed by atoms with Crippen molar-refractivity contribution in [1.82, 2.24) is 15.1 Å². The molecule has 3 rings (SSSR count). The SMILES string of the molecule is CN1CCN(C(=O)NCC2(c3ccccc3)CCC2)CC1.